The molecule has 0 radical (unpaired) electrons. The summed E-state index contributed by atoms with van der Waals surface area (Å²) in [6.07, 6.45) is 0. The lowest BCUT2D eigenvalue weighted by Crippen LogP contribution is -2.48. The molecule has 9 heteroatoms. The third-order valence-corrected chi connectivity index (χ3v) is 6.22. The number of amidine groups is 1. The number of hydrazone groups is 1. The fourth-order valence-electron chi connectivity index (χ4n) is 3.76. The van der Waals surface area contributed by atoms with Gasteiger partial charge in [0.25, 0.3) is 5.91 Å². The van der Waals surface area contributed by atoms with Crippen molar-refractivity contribution in [1.82, 2.24) is 10.3 Å². The van der Waals surface area contributed by atoms with E-state index in [4.69, 9.17) is 4.74 Å². The van der Waals surface area contributed by atoms with Crippen LogP contribution in [0, 0.1) is 0 Å². The number of nitrogens with one attached hydrogen (secondary N) is 1. The molecular weight excluding hydrogens is 416 g/mol. The average molecular weight is 439 g/mol. The van der Waals surface area contributed by atoms with Crippen LogP contribution in [0.5, 0.6) is 5.75 Å². The summed E-state index contributed by atoms with van der Waals surface area (Å²) in [5, 5.41) is 8.25. The summed E-state index contributed by atoms with van der Waals surface area (Å²) < 4.78 is 5.49. The summed E-state index contributed by atoms with van der Waals surface area (Å²) in [5.41, 5.74) is 2.29. The number of carbonyl (C=O) groups excluding carboxylic acids is 3. The maximum atomic E-state index is 13.8. The fraction of sp³-hybridized carbons (Fsp3) is 0.273. The van der Waals surface area contributed by atoms with Gasteiger partial charge in [-0.15, -0.1) is 5.10 Å². The van der Waals surface area contributed by atoms with E-state index in [1.54, 1.807) is 4.90 Å². The Morgan fingerprint density at radius 2 is 1.84 bits per heavy atom. The quantitative estimate of drug-likeness (QED) is 0.793. The number of anilines is 1. The first kappa shape index (κ1) is 20.9. The minimum absolute atomic E-state index is 0.216. The van der Waals surface area contributed by atoms with Crippen LogP contribution in [0.2, 0.25) is 0 Å². The van der Waals surface area contributed by atoms with Crippen molar-refractivity contribution >= 4 is 40.3 Å². The van der Waals surface area contributed by atoms with Gasteiger partial charge in [-0.2, -0.15) is 5.01 Å². The Morgan fingerprint density at radius 1 is 1.13 bits per heavy atom. The topological polar surface area (TPSA) is 91.3 Å². The van der Waals surface area contributed by atoms with Gasteiger partial charge in [0.15, 0.2) is 5.17 Å². The van der Waals surface area contributed by atoms with Crippen LogP contribution >= 0.6 is 11.8 Å². The Morgan fingerprint density at radius 3 is 2.48 bits per heavy atom. The van der Waals surface area contributed by atoms with E-state index in [9.17, 15) is 14.4 Å². The van der Waals surface area contributed by atoms with E-state index in [-0.39, 0.29) is 22.9 Å². The van der Waals surface area contributed by atoms with Crippen LogP contribution in [0.4, 0.5) is 5.69 Å². The zero-order valence-corrected chi connectivity index (χ0v) is 18.2. The van der Waals surface area contributed by atoms with E-state index < -0.39 is 4.87 Å². The summed E-state index contributed by atoms with van der Waals surface area (Å²) in [6, 6.07) is 14.9. The van der Waals surface area contributed by atoms with Crippen molar-refractivity contribution in [3.05, 3.63) is 59.7 Å². The Kier molecular flexibility index (Phi) is 5.45. The molecule has 2 aliphatic rings. The van der Waals surface area contributed by atoms with Gasteiger partial charge in [-0.1, -0.05) is 30.3 Å². The van der Waals surface area contributed by atoms with Crippen LogP contribution in [0.25, 0.3) is 0 Å². The van der Waals surface area contributed by atoms with Crippen molar-refractivity contribution in [3.8, 4) is 5.75 Å². The molecule has 0 saturated carbocycles. The van der Waals surface area contributed by atoms with Crippen LogP contribution in [0.3, 0.4) is 0 Å². The van der Waals surface area contributed by atoms with E-state index in [1.165, 1.54) is 18.9 Å². The number of para-hydroxylation sites is 1. The predicted octanol–water partition coefficient (Wildman–Crippen LogP) is 2.79. The summed E-state index contributed by atoms with van der Waals surface area (Å²) >= 11 is 1.07. The number of thioether (sulfide) groups is 1. The molecule has 3 amide bonds. The highest BCUT2D eigenvalue weighted by atomic mass is 32.2. The number of fused-ring (bicyclic) bond motifs is 2. The van der Waals surface area contributed by atoms with Gasteiger partial charge >= 0.3 is 0 Å². The standard InChI is InChI=1S/C22H22N4O4S/c1-4-30-17-11-9-16(10-12-17)13-25-19-8-6-5-7-18(19)22(20(25)29)26(15(3)28)24-21(31-22)23-14(2)27/h5-12H,4,13H2,1-3H3,(H,23,24,27). The first-order valence-corrected chi connectivity index (χ1v) is 10.7. The van der Waals surface area contributed by atoms with Crippen LogP contribution in [-0.2, 0) is 25.8 Å². The number of amides is 3. The lowest BCUT2D eigenvalue weighted by atomic mass is 10.1. The number of rotatable bonds is 4. The molecule has 31 heavy (non-hydrogen) atoms. The number of hydrogen-bond donors (Lipinski definition) is 1. The van der Waals surface area contributed by atoms with Crippen molar-refractivity contribution in [1.29, 1.82) is 0 Å². The Balaban J connectivity index is 1.72. The molecule has 4 rings (SSSR count). The van der Waals surface area contributed by atoms with Gasteiger partial charge in [-0.25, -0.2) is 0 Å². The molecule has 0 aromatic heterocycles. The molecular formula is C22H22N4O4S. The Labute approximate surface area is 184 Å². The van der Waals surface area contributed by atoms with Gasteiger partial charge in [0.05, 0.1) is 18.8 Å². The summed E-state index contributed by atoms with van der Waals surface area (Å²) in [4.78, 5) is 38.1. The van der Waals surface area contributed by atoms with E-state index in [0.29, 0.717) is 24.4 Å². The lowest BCUT2D eigenvalue weighted by Gasteiger charge is -2.29. The van der Waals surface area contributed by atoms with Crippen molar-refractivity contribution in [3.63, 3.8) is 0 Å². The van der Waals surface area contributed by atoms with Crippen molar-refractivity contribution < 1.29 is 19.1 Å². The maximum absolute atomic E-state index is 13.8. The first-order chi connectivity index (χ1) is 14.9. The number of carbonyl (C=O) groups is 3. The summed E-state index contributed by atoms with van der Waals surface area (Å²) in [6.45, 7) is 5.53. The average Bonchev–Trinajstić information content (AvgIpc) is 3.22. The third-order valence-electron chi connectivity index (χ3n) is 4.98. The van der Waals surface area contributed by atoms with E-state index in [1.807, 2.05) is 55.5 Å². The molecule has 1 atom stereocenters. The van der Waals surface area contributed by atoms with Gasteiger partial charge in [0.1, 0.15) is 5.75 Å². The molecule has 2 heterocycles. The van der Waals surface area contributed by atoms with Gasteiger partial charge in [0.2, 0.25) is 16.7 Å². The molecule has 0 aliphatic carbocycles. The second kappa shape index (κ2) is 8.07. The molecule has 160 valence electrons. The number of benzene rings is 2. The number of ether oxygens (including phenoxy) is 1. The summed E-state index contributed by atoms with van der Waals surface area (Å²) in [7, 11) is 0. The number of nitrogens with zero attached hydrogens (tertiary/aromatic N) is 3. The fourth-order valence-corrected chi connectivity index (χ4v) is 5.09. The van der Waals surface area contributed by atoms with E-state index >= 15 is 0 Å². The second-order valence-corrected chi connectivity index (χ2v) is 8.33. The minimum Gasteiger partial charge on any atom is -0.494 e. The molecule has 0 bridgehead atoms. The van der Waals surface area contributed by atoms with Crippen molar-refractivity contribution in [2.45, 2.75) is 32.2 Å². The Bertz CT molecular complexity index is 1090. The van der Waals surface area contributed by atoms with E-state index in [2.05, 4.69) is 10.4 Å². The second-order valence-electron chi connectivity index (χ2n) is 7.15. The molecule has 2 aromatic rings. The molecule has 0 fully saturated rings. The smallest absolute Gasteiger partial charge is 0.271 e. The first-order valence-electron chi connectivity index (χ1n) is 9.86. The van der Waals surface area contributed by atoms with Crippen LogP contribution in [0.1, 0.15) is 31.9 Å². The molecule has 1 N–H and O–H groups in total. The lowest BCUT2D eigenvalue weighted by molar-refractivity contribution is -0.139. The zero-order valence-electron chi connectivity index (χ0n) is 17.4. The molecule has 8 nitrogen and oxygen atoms in total. The van der Waals surface area contributed by atoms with Crippen molar-refractivity contribution in [2.24, 2.45) is 5.10 Å². The molecule has 0 saturated heterocycles. The molecule has 1 unspecified atom stereocenters. The van der Waals surface area contributed by atoms with E-state index in [0.717, 1.165) is 23.1 Å². The van der Waals surface area contributed by atoms with Gasteiger partial charge in [-0.3, -0.25) is 14.4 Å². The Hall–Kier alpha value is -3.33. The highest BCUT2D eigenvalue weighted by molar-refractivity contribution is 8.15. The summed E-state index contributed by atoms with van der Waals surface area (Å²) in [5.74, 6) is -0.235. The highest BCUT2D eigenvalue weighted by Crippen LogP contribution is 2.54. The largest absolute Gasteiger partial charge is 0.494 e. The monoisotopic (exact) mass is 438 g/mol. The SMILES string of the molecule is CCOc1ccc(CN2C(=O)C3(SC(NC(C)=O)=NN3C(C)=O)c3ccccc32)cc1. The third kappa shape index (κ3) is 3.54. The normalized spacial score (nSPS) is 19.5. The van der Waals surface area contributed by atoms with Crippen LogP contribution in [0.15, 0.2) is 53.6 Å². The van der Waals surface area contributed by atoms with Crippen molar-refractivity contribution in [2.75, 3.05) is 11.5 Å². The minimum atomic E-state index is -1.38. The zero-order chi connectivity index (χ0) is 22.2. The van der Waals surface area contributed by atoms with Gasteiger partial charge < -0.3 is 15.0 Å². The highest BCUT2D eigenvalue weighted by Gasteiger charge is 2.61. The predicted molar refractivity (Wildman–Crippen MR) is 118 cm³/mol. The number of hydrogen-bond acceptors (Lipinski definition) is 6. The van der Waals surface area contributed by atoms with Gasteiger partial charge in [0, 0.05) is 19.4 Å². The molecule has 2 aromatic carbocycles. The van der Waals surface area contributed by atoms with Crippen LogP contribution in [-0.4, -0.2) is 34.5 Å². The molecule has 1 spiro atoms. The van der Waals surface area contributed by atoms with Gasteiger partial charge in [-0.05, 0) is 42.4 Å². The maximum Gasteiger partial charge on any atom is 0.271 e. The van der Waals surface area contributed by atoms with Crippen LogP contribution < -0.4 is 15.0 Å². The molecule has 2 aliphatic heterocycles.